The molecule has 1 aromatic heterocycles. The van der Waals surface area contributed by atoms with E-state index in [-0.39, 0.29) is 5.82 Å². The van der Waals surface area contributed by atoms with Gasteiger partial charge in [0.2, 0.25) is 0 Å². The van der Waals surface area contributed by atoms with Crippen LogP contribution >= 0.6 is 0 Å². The topological polar surface area (TPSA) is 25.2 Å². The van der Waals surface area contributed by atoms with Crippen molar-refractivity contribution in [1.82, 2.24) is 0 Å². The molecule has 0 aliphatic carbocycles. The van der Waals surface area contributed by atoms with E-state index in [9.17, 15) is 4.39 Å². The quantitative estimate of drug-likeness (QED) is 0.551. The van der Waals surface area contributed by atoms with Gasteiger partial charge in [-0.3, -0.25) is 0 Å². The molecule has 0 aliphatic rings. The van der Waals surface area contributed by atoms with Crippen molar-refractivity contribution in [3.63, 3.8) is 0 Å². The van der Waals surface area contributed by atoms with Gasteiger partial charge >= 0.3 is 0 Å². The van der Waals surface area contributed by atoms with Crippen LogP contribution in [-0.2, 0) is 6.54 Å². The molecule has 0 bridgehead atoms. The van der Waals surface area contributed by atoms with Gasteiger partial charge in [-0.25, -0.2) is 4.39 Å². The molecule has 108 valence electrons. The molecule has 0 unspecified atom stereocenters. The number of furan rings is 1. The molecule has 0 atom stereocenters. The van der Waals surface area contributed by atoms with E-state index in [0.29, 0.717) is 12.1 Å². The summed E-state index contributed by atoms with van der Waals surface area (Å²) in [5.41, 5.74) is 3.34. The van der Waals surface area contributed by atoms with Crippen LogP contribution in [0.4, 0.5) is 10.1 Å². The molecule has 4 rings (SSSR count). The molecule has 0 aliphatic heterocycles. The fourth-order valence-corrected chi connectivity index (χ4v) is 2.68. The summed E-state index contributed by atoms with van der Waals surface area (Å²) < 4.78 is 19.5. The van der Waals surface area contributed by atoms with Crippen LogP contribution in [0.5, 0.6) is 0 Å². The number of rotatable bonds is 3. The Bertz CT molecular complexity index is 958. The van der Waals surface area contributed by atoms with Gasteiger partial charge in [0, 0.05) is 28.6 Å². The smallest absolute Gasteiger partial charge is 0.135 e. The number of halogens is 1. The Hall–Kier alpha value is -2.81. The molecule has 2 nitrogen and oxygen atoms in total. The predicted molar refractivity (Wildman–Crippen MR) is 87.4 cm³/mol. The molecule has 0 fully saturated rings. The van der Waals surface area contributed by atoms with Gasteiger partial charge in [0.1, 0.15) is 17.0 Å². The molecule has 0 spiro atoms. The van der Waals surface area contributed by atoms with Crippen LogP contribution in [0.25, 0.3) is 21.9 Å². The summed E-state index contributed by atoms with van der Waals surface area (Å²) in [6.45, 7) is 0.452. The zero-order valence-corrected chi connectivity index (χ0v) is 11.8. The van der Waals surface area contributed by atoms with Gasteiger partial charge in [-0.05, 0) is 30.3 Å². The van der Waals surface area contributed by atoms with E-state index in [0.717, 1.165) is 27.6 Å². The van der Waals surface area contributed by atoms with Gasteiger partial charge in [-0.2, -0.15) is 0 Å². The van der Waals surface area contributed by atoms with Crippen molar-refractivity contribution in [3.8, 4) is 0 Å². The first-order valence-corrected chi connectivity index (χ1v) is 7.20. The monoisotopic (exact) mass is 291 g/mol. The lowest BCUT2D eigenvalue weighted by Gasteiger charge is -2.07. The van der Waals surface area contributed by atoms with E-state index in [2.05, 4.69) is 5.32 Å². The Morgan fingerprint density at radius 2 is 1.59 bits per heavy atom. The molecule has 3 heteroatoms. The van der Waals surface area contributed by atoms with Crippen LogP contribution < -0.4 is 5.32 Å². The second-order valence-corrected chi connectivity index (χ2v) is 5.25. The van der Waals surface area contributed by atoms with E-state index in [1.807, 2.05) is 48.5 Å². The summed E-state index contributed by atoms with van der Waals surface area (Å²) in [6.07, 6.45) is 0. The number of nitrogens with one attached hydrogen (secondary N) is 1. The van der Waals surface area contributed by atoms with E-state index < -0.39 is 0 Å². The number of hydrogen-bond acceptors (Lipinski definition) is 2. The van der Waals surface area contributed by atoms with Gasteiger partial charge < -0.3 is 9.73 Å². The van der Waals surface area contributed by atoms with Crippen LogP contribution in [0.2, 0.25) is 0 Å². The molecule has 22 heavy (non-hydrogen) atoms. The van der Waals surface area contributed by atoms with E-state index in [1.165, 1.54) is 6.07 Å². The Morgan fingerprint density at radius 1 is 0.818 bits per heavy atom. The number of hydrogen-bond donors (Lipinski definition) is 1. The number of fused-ring (bicyclic) bond motifs is 3. The normalized spacial score (nSPS) is 11.1. The minimum Gasteiger partial charge on any atom is -0.456 e. The van der Waals surface area contributed by atoms with Crippen LogP contribution in [0.3, 0.4) is 0 Å². The molecule has 1 N–H and O–H groups in total. The van der Waals surface area contributed by atoms with Crippen molar-refractivity contribution in [3.05, 3.63) is 78.1 Å². The first-order chi connectivity index (χ1) is 10.8. The van der Waals surface area contributed by atoms with Gasteiger partial charge in [0.15, 0.2) is 0 Å². The van der Waals surface area contributed by atoms with E-state index >= 15 is 0 Å². The van der Waals surface area contributed by atoms with Crippen molar-refractivity contribution < 1.29 is 8.81 Å². The number of benzene rings is 3. The summed E-state index contributed by atoms with van der Waals surface area (Å²) in [5.74, 6) is -0.190. The van der Waals surface area contributed by atoms with Crippen LogP contribution in [-0.4, -0.2) is 0 Å². The number of anilines is 1. The minimum atomic E-state index is -0.190. The van der Waals surface area contributed by atoms with Crippen LogP contribution in [0, 0.1) is 5.82 Å². The SMILES string of the molecule is Fc1ccccc1CNc1ccc2oc3ccccc3c2c1. The average molecular weight is 291 g/mol. The maximum Gasteiger partial charge on any atom is 0.135 e. The van der Waals surface area contributed by atoms with E-state index in [1.54, 1.807) is 12.1 Å². The second-order valence-electron chi connectivity index (χ2n) is 5.25. The zero-order chi connectivity index (χ0) is 14.9. The third-order valence-electron chi connectivity index (χ3n) is 3.82. The van der Waals surface area contributed by atoms with Crippen molar-refractivity contribution in [2.45, 2.75) is 6.54 Å². The molecule has 0 saturated heterocycles. The molecule has 4 aromatic rings. The Labute approximate surface area is 127 Å². The summed E-state index contributed by atoms with van der Waals surface area (Å²) >= 11 is 0. The van der Waals surface area contributed by atoms with E-state index in [4.69, 9.17) is 4.42 Å². The Morgan fingerprint density at radius 3 is 2.50 bits per heavy atom. The molecular formula is C19H14FNO. The average Bonchev–Trinajstić information content (AvgIpc) is 2.92. The minimum absolute atomic E-state index is 0.190. The van der Waals surface area contributed by atoms with Crippen molar-refractivity contribution in [2.75, 3.05) is 5.32 Å². The highest BCUT2D eigenvalue weighted by atomic mass is 19.1. The fourth-order valence-electron chi connectivity index (χ4n) is 2.68. The van der Waals surface area contributed by atoms with Crippen LogP contribution in [0.1, 0.15) is 5.56 Å². The van der Waals surface area contributed by atoms with Crippen molar-refractivity contribution >= 4 is 27.6 Å². The fraction of sp³-hybridized carbons (Fsp3) is 0.0526. The van der Waals surface area contributed by atoms with Crippen molar-refractivity contribution in [1.29, 1.82) is 0 Å². The van der Waals surface area contributed by atoms with Gasteiger partial charge in [-0.1, -0.05) is 36.4 Å². The highest BCUT2D eigenvalue weighted by molar-refractivity contribution is 6.05. The summed E-state index contributed by atoms with van der Waals surface area (Å²) in [7, 11) is 0. The first-order valence-electron chi connectivity index (χ1n) is 7.20. The Kier molecular flexibility index (Phi) is 3.04. The molecule has 0 saturated carbocycles. The third kappa shape index (κ3) is 2.21. The van der Waals surface area contributed by atoms with Gasteiger partial charge in [0.05, 0.1) is 0 Å². The first kappa shape index (κ1) is 12.9. The lowest BCUT2D eigenvalue weighted by molar-refractivity contribution is 0.613. The standard InChI is InChI=1S/C19H14FNO/c20-17-7-3-1-5-13(17)12-21-14-9-10-19-16(11-14)15-6-2-4-8-18(15)22-19/h1-11,21H,12H2. The summed E-state index contributed by atoms with van der Waals surface area (Å²) in [4.78, 5) is 0. The second kappa shape index (κ2) is 5.19. The molecule has 0 radical (unpaired) electrons. The van der Waals surface area contributed by atoms with Gasteiger partial charge in [0.25, 0.3) is 0 Å². The van der Waals surface area contributed by atoms with Crippen LogP contribution in [0.15, 0.2) is 71.1 Å². The third-order valence-corrected chi connectivity index (χ3v) is 3.82. The largest absolute Gasteiger partial charge is 0.456 e. The lowest BCUT2D eigenvalue weighted by atomic mass is 10.1. The molecule has 0 amide bonds. The van der Waals surface area contributed by atoms with Gasteiger partial charge in [-0.15, -0.1) is 0 Å². The lowest BCUT2D eigenvalue weighted by Crippen LogP contribution is -2.01. The summed E-state index contributed by atoms with van der Waals surface area (Å²) in [5, 5.41) is 5.42. The highest BCUT2D eigenvalue weighted by Gasteiger charge is 2.07. The zero-order valence-electron chi connectivity index (χ0n) is 11.8. The Balaban J connectivity index is 1.67. The number of para-hydroxylation sites is 1. The molecule has 1 heterocycles. The predicted octanol–water partition coefficient (Wildman–Crippen LogP) is 5.34. The summed E-state index contributed by atoms with van der Waals surface area (Å²) in [6, 6.07) is 20.7. The molecule has 3 aromatic carbocycles. The maximum absolute atomic E-state index is 13.6. The highest BCUT2D eigenvalue weighted by Crippen LogP contribution is 2.30. The van der Waals surface area contributed by atoms with Crippen molar-refractivity contribution in [2.24, 2.45) is 0 Å². The maximum atomic E-state index is 13.6. The molecular weight excluding hydrogens is 277 g/mol.